The number of hydrogen-bond donors (Lipinski definition) is 1. The molecule has 2 fully saturated rings. The molecule has 2 aliphatic carbocycles. The van der Waals surface area contributed by atoms with Gasteiger partial charge < -0.3 is 10.6 Å². The molecule has 4 unspecified atom stereocenters. The van der Waals surface area contributed by atoms with Gasteiger partial charge in [-0.1, -0.05) is 20.3 Å². The molecule has 4 atom stereocenters. The Morgan fingerprint density at radius 3 is 2.29 bits per heavy atom. The third-order valence-electron chi connectivity index (χ3n) is 5.17. The summed E-state index contributed by atoms with van der Waals surface area (Å²) < 4.78 is 0. The van der Waals surface area contributed by atoms with Gasteiger partial charge in [-0.05, 0) is 63.5 Å². The van der Waals surface area contributed by atoms with E-state index in [1.54, 1.807) is 0 Å². The Bertz CT molecular complexity index is 231. The largest absolute Gasteiger partial charge is 0.330 e. The average molecular weight is 238 g/mol. The van der Waals surface area contributed by atoms with Gasteiger partial charge in [0.2, 0.25) is 0 Å². The predicted octanol–water partition coefficient (Wildman–Crippen LogP) is 2.87. The van der Waals surface area contributed by atoms with Crippen LogP contribution >= 0.6 is 0 Å². The summed E-state index contributed by atoms with van der Waals surface area (Å²) in [6.07, 6.45) is 8.33. The highest BCUT2D eigenvalue weighted by Crippen LogP contribution is 2.36. The maximum Gasteiger partial charge on any atom is 0.0135 e. The van der Waals surface area contributed by atoms with Crippen molar-refractivity contribution < 1.29 is 0 Å². The molecule has 2 heteroatoms. The van der Waals surface area contributed by atoms with E-state index < -0.39 is 0 Å². The molecule has 2 saturated carbocycles. The fourth-order valence-electron chi connectivity index (χ4n) is 4.34. The summed E-state index contributed by atoms with van der Waals surface area (Å²) in [6, 6.07) is 1.58. The van der Waals surface area contributed by atoms with E-state index in [1.165, 1.54) is 38.5 Å². The summed E-state index contributed by atoms with van der Waals surface area (Å²) in [4.78, 5) is 2.69. The van der Waals surface area contributed by atoms with Crippen LogP contribution < -0.4 is 5.73 Å². The summed E-state index contributed by atoms with van der Waals surface area (Å²) in [5.74, 6) is 2.57. The van der Waals surface area contributed by atoms with E-state index in [0.29, 0.717) is 0 Å². The number of hydrogen-bond acceptors (Lipinski definition) is 2. The first-order valence-electron chi connectivity index (χ1n) is 7.53. The Labute approximate surface area is 107 Å². The van der Waals surface area contributed by atoms with Crippen LogP contribution in [0.2, 0.25) is 0 Å². The van der Waals surface area contributed by atoms with Gasteiger partial charge in [0.1, 0.15) is 0 Å². The molecule has 0 bridgehead atoms. The van der Waals surface area contributed by atoms with Crippen molar-refractivity contribution in [1.82, 2.24) is 4.90 Å². The molecule has 0 saturated heterocycles. The van der Waals surface area contributed by atoms with Crippen LogP contribution in [0, 0.1) is 17.8 Å². The summed E-state index contributed by atoms with van der Waals surface area (Å²) in [5.41, 5.74) is 5.92. The van der Waals surface area contributed by atoms with Crippen LogP contribution in [0.25, 0.3) is 0 Å². The van der Waals surface area contributed by atoms with E-state index in [-0.39, 0.29) is 0 Å². The van der Waals surface area contributed by atoms with Crippen molar-refractivity contribution in [1.29, 1.82) is 0 Å². The first kappa shape index (κ1) is 13.4. The van der Waals surface area contributed by atoms with Gasteiger partial charge >= 0.3 is 0 Å². The first-order chi connectivity index (χ1) is 8.11. The molecule has 0 aliphatic heterocycles. The summed E-state index contributed by atoms with van der Waals surface area (Å²) in [7, 11) is 2.36. The zero-order chi connectivity index (χ0) is 12.4. The molecule has 17 heavy (non-hydrogen) atoms. The zero-order valence-corrected chi connectivity index (χ0v) is 11.9. The van der Waals surface area contributed by atoms with Crippen LogP contribution in [-0.2, 0) is 0 Å². The van der Waals surface area contributed by atoms with Crippen LogP contribution in [-0.4, -0.2) is 30.6 Å². The van der Waals surface area contributed by atoms with Crippen LogP contribution in [0.5, 0.6) is 0 Å². The fourth-order valence-corrected chi connectivity index (χ4v) is 4.34. The van der Waals surface area contributed by atoms with E-state index in [2.05, 4.69) is 25.8 Å². The fraction of sp³-hybridized carbons (Fsp3) is 1.00. The minimum absolute atomic E-state index is 0.757. The zero-order valence-electron chi connectivity index (χ0n) is 11.9. The molecular formula is C15H30N2. The highest BCUT2D eigenvalue weighted by Gasteiger charge is 2.35. The van der Waals surface area contributed by atoms with E-state index in [9.17, 15) is 0 Å². The highest BCUT2D eigenvalue weighted by molar-refractivity contribution is 4.90. The molecule has 2 nitrogen and oxygen atoms in total. The third-order valence-corrected chi connectivity index (χ3v) is 5.17. The second kappa shape index (κ2) is 5.71. The molecular weight excluding hydrogens is 208 g/mol. The van der Waals surface area contributed by atoms with Crippen molar-refractivity contribution in [3.8, 4) is 0 Å². The Hall–Kier alpha value is -0.0800. The van der Waals surface area contributed by atoms with Crippen LogP contribution in [0.1, 0.15) is 52.4 Å². The lowest BCUT2D eigenvalue weighted by atomic mass is 9.79. The summed E-state index contributed by atoms with van der Waals surface area (Å²) in [6.45, 7) is 5.73. The standard InChI is InChI=1S/C15H30N2/c1-11-7-12(2)9-14(8-11)17(3)15-6-4-5-13(15)10-16/h11-15H,4-10,16H2,1-3H3. The smallest absolute Gasteiger partial charge is 0.0135 e. The Kier molecular flexibility index (Phi) is 4.48. The van der Waals surface area contributed by atoms with Crippen LogP contribution in [0.3, 0.4) is 0 Å². The van der Waals surface area contributed by atoms with E-state index >= 15 is 0 Å². The van der Waals surface area contributed by atoms with Gasteiger partial charge in [0.05, 0.1) is 0 Å². The highest BCUT2D eigenvalue weighted by atomic mass is 15.2. The van der Waals surface area contributed by atoms with Gasteiger partial charge in [0.15, 0.2) is 0 Å². The normalized spacial score (nSPS) is 43.2. The van der Waals surface area contributed by atoms with Gasteiger partial charge in [0.25, 0.3) is 0 Å². The predicted molar refractivity (Wildman–Crippen MR) is 73.9 cm³/mol. The molecule has 0 radical (unpaired) electrons. The van der Waals surface area contributed by atoms with Crippen molar-refractivity contribution in [3.05, 3.63) is 0 Å². The SMILES string of the molecule is CC1CC(C)CC(N(C)C2CCCC2CN)C1. The molecule has 0 aromatic carbocycles. The molecule has 0 aromatic heterocycles. The summed E-state index contributed by atoms with van der Waals surface area (Å²) >= 11 is 0. The maximum absolute atomic E-state index is 5.92. The average Bonchev–Trinajstić information content (AvgIpc) is 2.74. The van der Waals surface area contributed by atoms with Gasteiger partial charge in [-0.3, -0.25) is 0 Å². The lowest BCUT2D eigenvalue weighted by Crippen LogP contribution is -2.46. The molecule has 0 aromatic rings. The van der Waals surface area contributed by atoms with Gasteiger partial charge in [-0.25, -0.2) is 0 Å². The van der Waals surface area contributed by atoms with E-state index in [0.717, 1.165) is 36.4 Å². The topological polar surface area (TPSA) is 29.3 Å². The molecule has 100 valence electrons. The Morgan fingerprint density at radius 1 is 1.06 bits per heavy atom. The number of rotatable bonds is 3. The van der Waals surface area contributed by atoms with Crippen LogP contribution in [0.4, 0.5) is 0 Å². The number of nitrogens with two attached hydrogens (primary N) is 1. The molecule has 0 heterocycles. The van der Waals surface area contributed by atoms with Gasteiger partial charge in [0, 0.05) is 12.1 Å². The molecule has 2 aliphatic rings. The number of nitrogens with zero attached hydrogens (tertiary/aromatic N) is 1. The van der Waals surface area contributed by atoms with Gasteiger partial charge in [-0.2, -0.15) is 0 Å². The Balaban J connectivity index is 1.96. The van der Waals surface area contributed by atoms with E-state index in [1.807, 2.05) is 0 Å². The first-order valence-corrected chi connectivity index (χ1v) is 7.53. The van der Waals surface area contributed by atoms with Crippen molar-refractivity contribution in [2.24, 2.45) is 23.5 Å². The minimum Gasteiger partial charge on any atom is -0.330 e. The second-order valence-corrected chi connectivity index (χ2v) is 6.73. The Morgan fingerprint density at radius 2 is 1.71 bits per heavy atom. The summed E-state index contributed by atoms with van der Waals surface area (Å²) in [5, 5.41) is 0. The minimum atomic E-state index is 0.757. The van der Waals surface area contributed by atoms with Crippen LogP contribution in [0.15, 0.2) is 0 Å². The lowest BCUT2D eigenvalue weighted by molar-refractivity contribution is 0.0800. The van der Waals surface area contributed by atoms with Gasteiger partial charge in [-0.15, -0.1) is 0 Å². The maximum atomic E-state index is 5.92. The quantitative estimate of drug-likeness (QED) is 0.819. The molecule has 0 amide bonds. The molecule has 2 rings (SSSR count). The van der Waals surface area contributed by atoms with Crippen molar-refractivity contribution >= 4 is 0 Å². The van der Waals surface area contributed by atoms with E-state index in [4.69, 9.17) is 5.73 Å². The van der Waals surface area contributed by atoms with Crippen molar-refractivity contribution in [2.75, 3.05) is 13.6 Å². The third kappa shape index (κ3) is 3.03. The molecule has 0 spiro atoms. The lowest BCUT2D eigenvalue weighted by Gasteiger charge is -2.41. The monoisotopic (exact) mass is 238 g/mol. The second-order valence-electron chi connectivity index (χ2n) is 6.73. The van der Waals surface area contributed by atoms with Crippen molar-refractivity contribution in [2.45, 2.75) is 64.5 Å². The van der Waals surface area contributed by atoms with Crippen molar-refractivity contribution in [3.63, 3.8) is 0 Å². The molecule has 2 N–H and O–H groups in total.